The molecule has 2 fully saturated rings. The van der Waals surface area contributed by atoms with Crippen LogP contribution in [0.4, 0.5) is 0 Å². The summed E-state index contributed by atoms with van der Waals surface area (Å²) in [5, 5.41) is 8.82. The van der Waals surface area contributed by atoms with Gasteiger partial charge >= 0.3 is 0 Å². The topological polar surface area (TPSA) is 47.3 Å². The van der Waals surface area contributed by atoms with Gasteiger partial charge in [0.1, 0.15) is 0 Å². The molecule has 1 aliphatic heterocycles. The van der Waals surface area contributed by atoms with Crippen molar-refractivity contribution in [3.8, 4) is 6.07 Å². The van der Waals surface area contributed by atoms with Gasteiger partial charge in [-0.2, -0.15) is 5.26 Å². The van der Waals surface area contributed by atoms with Gasteiger partial charge in [0, 0.05) is 32.6 Å². The third-order valence-corrected chi connectivity index (χ3v) is 3.56. The Kier molecular flexibility index (Phi) is 3.45. The maximum absolute atomic E-state index is 11.8. The van der Waals surface area contributed by atoms with Crippen molar-refractivity contribution in [1.82, 2.24) is 9.80 Å². The molecular formula is C12H19N3O. The molecule has 1 amide bonds. The highest BCUT2D eigenvalue weighted by Crippen LogP contribution is 2.32. The molecule has 2 rings (SSSR count). The molecule has 2 aliphatic rings. The zero-order valence-corrected chi connectivity index (χ0v) is 9.85. The third-order valence-electron chi connectivity index (χ3n) is 3.56. The van der Waals surface area contributed by atoms with Crippen LogP contribution in [-0.2, 0) is 4.79 Å². The maximum Gasteiger partial charge on any atom is 0.222 e. The summed E-state index contributed by atoms with van der Waals surface area (Å²) in [4.78, 5) is 15.9. The number of hydrogen-bond donors (Lipinski definition) is 0. The highest BCUT2D eigenvalue weighted by molar-refractivity contribution is 5.76. The number of nitrogens with zero attached hydrogens (tertiary/aromatic N) is 3. The number of amides is 1. The first kappa shape index (κ1) is 11.4. The van der Waals surface area contributed by atoms with Crippen LogP contribution < -0.4 is 0 Å². The van der Waals surface area contributed by atoms with Crippen LogP contribution in [0.2, 0.25) is 0 Å². The van der Waals surface area contributed by atoms with Gasteiger partial charge in [-0.05, 0) is 25.7 Å². The highest BCUT2D eigenvalue weighted by atomic mass is 16.2. The smallest absolute Gasteiger partial charge is 0.222 e. The summed E-state index contributed by atoms with van der Waals surface area (Å²) >= 11 is 0. The van der Waals surface area contributed by atoms with Crippen molar-refractivity contribution in [2.45, 2.75) is 32.2 Å². The minimum Gasteiger partial charge on any atom is -0.340 e. The molecule has 1 atom stereocenters. The summed E-state index contributed by atoms with van der Waals surface area (Å²) in [6, 6.07) is 2.22. The van der Waals surface area contributed by atoms with Crippen LogP contribution in [0.3, 0.4) is 0 Å². The molecule has 1 unspecified atom stereocenters. The van der Waals surface area contributed by atoms with E-state index in [-0.39, 0.29) is 6.04 Å². The summed E-state index contributed by atoms with van der Waals surface area (Å²) < 4.78 is 0. The van der Waals surface area contributed by atoms with Crippen molar-refractivity contribution < 1.29 is 4.79 Å². The monoisotopic (exact) mass is 221 g/mol. The summed E-state index contributed by atoms with van der Waals surface area (Å²) in [5.41, 5.74) is 0. The first-order valence-corrected chi connectivity index (χ1v) is 6.12. The van der Waals surface area contributed by atoms with Crippen molar-refractivity contribution >= 4 is 5.91 Å². The van der Waals surface area contributed by atoms with E-state index in [1.165, 1.54) is 12.8 Å². The molecule has 1 aliphatic carbocycles. The Labute approximate surface area is 96.8 Å². The van der Waals surface area contributed by atoms with E-state index in [1.807, 2.05) is 11.8 Å². The maximum atomic E-state index is 11.8. The lowest BCUT2D eigenvalue weighted by Crippen LogP contribution is -2.51. The second-order valence-corrected chi connectivity index (χ2v) is 4.87. The van der Waals surface area contributed by atoms with Gasteiger partial charge in [-0.25, -0.2) is 0 Å². The number of rotatable bonds is 3. The molecule has 1 saturated heterocycles. The molecule has 1 saturated carbocycles. The number of carbonyl (C=O) groups excluding carboxylic acids is 1. The van der Waals surface area contributed by atoms with Crippen LogP contribution in [-0.4, -0.2) is 47.9 Å². The van der Waals surface area contributed by atoms with Crippen LogP contribution in [0.15, 0.2) is 0 Å². The predicted molar refractivity (Wildman–Crippen MR) is 60.6 cm³/mol. The molecule has 0 N–H and O–H groups in total. The lowest BCUT2D eigenvalue weighted by Gasteiger charge is -2.36. The molecule has 0 bridgehead atoms. The number of nitriles is 1. The van der Waals surface area contributed by atoms with E-state index in [2.05, 4.69) is 11.0 Å². The highest BCUT2D eigenvalue weighted by Gasteiger charge is 2.29. The Bertz CT molecular complexity index is 298. The number of carbonyl (C=O) groups is 1. The minimum atomic E-state index is -0.0271. The Hall–Kier alpha value is -1.08. The largest absolute Gasteiger partial charge is 0.340 e. The normalized spacial score (nSPS) is 23.9. The SMILES string of the molecule is CC(C#N)N1CCN(C(=O)CC2CC2)CC1. The molecule has 1 heterocycles. The molecule has 0 aromatic carbocycles. The van der Waals surface area contributed by atoms with Gasteiger partial charge in [0.2, 0.25) is 5.91 Å². The summed E-state index contributed by atoms with van der Waals surface area (Å²) in [6.45, 7) is 5.17. The van der Waals surface area contributed by atoms with Crippen molar-refractivity contribution in [3.05, 3.63) is 0 Å². The third kappa shape index (κ3) is 2.73. The van der Waals surface area contributed by atoms with Gasteiger partial charge in [-0.1, -0.05) is 0 Å². The van der Waals surface area contributed by atoms with Crippen LogP contribution in [0.5, 0.6) is 0 Å². The molecule has 0 aromatic rings. The lowest BCUT2D eigenvalue weighted by molar-refractivity contribution is -0.133. The van der Waals surface area contributed by atoms with E-state index >= 15 is 0 Å². The summed E-state index contributed by atoms with van der Waals surface area (Å²) in [6.07, 6.45) is 3.21. The molecular weight excluding hydrogens is 202 g/mol. The van der Waals surface area contributed by atoms with Gasteiger partial charge in [0.15, 0.2) is 0 Å². The fourth-order valence-electron chi connectivity index (χ4n) is 2.14. The van der Waals surface area contributed by atoms with E-state index in [1.54, 1.807) is 0 Å². The molecule has 88 valence electrons. The number of piperazine rings is 1. The Morgan fingerprint density at radius 1 is 1.38 bits per heavy atom. The standard InChI is InChI=1S/C12H19N3O/c1-10(9-13)14-4-6-15(7-5-14)12(16)8-11-2-3-11/h10-11H,2-8H2,1H3. The quantitative estimate of drug-likeness (QED) is 0.709. The van der Waals surface area contributed by atoms with Crippen molar-refractivity contribution in [2.24, 2.45) is 5.92 Å². The van der Waals surface area contributed by atoms with Crippen molar-refractivity contribution in [2.75, 3.05) is 26.2 Å². The molecule has 4 heteroatoms. The Morgan fingerprint density at radius 2 is 2.00 bits per heavy atom. The molecule has 4 nitrogen and oxygen atoms in total. The van der Waals surface area contributed by atoms with E-state index in [0.29, 0.717) is 11.8 Å². The minimum absolute atomic E-state index is 0.0271. The van der Waals surface area contributed by atoms with Gasteiger partial charge in [0.25, 0.3) is 0 Å². The van der Waals surface area contributed by atoms with Gasteiger partial charge in [-0.3, -0.25) is 9.69 Å². The fourth-order valence-corrected chi connectivity index (χ4v) is 2.14. The fraction of sp³-hybridized carbons (Fsp3) is 0.833. The van der Waals surface area contributed by atoms with Gasteiger partial charge in [0.05, 0.1) is 12.1 Å². The molecule has 0 aromatic heterocycles. The second-order valence-electron chi connectivity index (χ2n) is 4.87. The average molecular weight is 221 g/mol. The van der Waals surface area contributed by atoms with E-state index in [4.69, 9.17) is 5.26 Å². The van der Waals surface area contributed by atoms with Gasteiger partial charge < -0.3 is 4.90 Å². The first-order chi connectivity index (χ1) is 7.70. The average Bonchev–Trinajstić information content (AvgIpc) is 3.12. The molecule has 16 heavy (non-hydrogen) atoms. The van der Waals surface area contributed by atoms with E-state index < -0.39 is 0 Å². The van der Waals surface area contributed by atoms with Crippen molar-refractivity contribution in [1.29, 1.82) is 5.26 Å². The zero-order chi connectivity index (χ0) is 11.5. The zero-order valence-electron chi connectivity index (χ0n) is 9.85. The summed E-state index contributed by atoms with van der Waals surface area (Å²) in [7, 11) is 0. The summed E-state index contributed by atoms with van der Waals surface area (Å²) in [5.74, 6) is 0.982. The predicted octanol–water partition coefficient (Wildman–Crippen LogP) is 0.843. The van der Waals surface area contributed by atoms with Crippen molar-refractivity contribution in [3.63, 3.8) is 0 Å². The molecule has 0 radical (unpaired) electrons. The first-order valence-electron chi connectivity index (χ1n) is 6.12. The van der Waals surface area contributed by atoms with Gasteiger partial charge in [-0.15, -0.1) is 0 Å². The van der Waals surface area contributed by atoms with E-state index in [0.717, 1.165) is 32.6 Å². The Morgan fingerprint density at radius 3 is 2.50 bits per heavy atom. The van der Waals surface area contributed by atoms with Crippen LogP contribution in [0.1, 0.15) is 26.2 Å². The van der Waals surface area contributed by atoms with E-state index in [9.17, 15) is 4.79 Å². The van der Waals surface area contributed by atoms with Crippen LogP contribution in [0.25, 0.3) is 0 Å². The van der Waals surface area contributed by atoms with Crippen LogP contribution in [0, 0.1) is 17.2 Å². The Balaban J connectivity index is 1.75. The molecule has 0 spiro atoms. The lowest BCUT2D eigenvalue weighted by atomic mass is 10.2. The van der Waals surface area contributed by atoms with Crippen LogP contribution >= 0.6 is 0 Å². The second kappa shape index (κ2) is 4.84. The number of hydrogen-bond acceptors (Lipinski definition) is 3.